The molecule has 4 aliphatic rings. The molecule has 11 atom stereocenters. The number of nitrogens with one attached hydrogen (secondary N) is 8. The lowest BCUT2D eigenvalue weighted by Crippen LogP contribution is -2.62. The Bertz CT molecular complexity index is 2360. The summed E-state index contributed by atoms with van der Waals surface area (Å²) in [6.45, 7) is 2.54. The fourth-order valence-electron chi connectivity index (χ4n) is 8.25. The molecule has 0 spiro atoms. The second-order valence-corrected chi connectivity index (χ2v) is 18.2. The van der Waals surface area contributed by atoms with Gasteiger partial charge in [-0.15, -0.1) is 0 Å². The Balaban J connectivity index is 1.54. The van der Waals surface area contributed by atoms with Crippen LogP contribution in [0.1, 0.15) is 45.6 Å². The van der Waals surface area contributed by atoms with E-state index in [4.69, 9.17) is 19.9 Å². The number of fused-ring (bicyclic) bond motifs is 5. The van der Waals surface area contributed by atoms with Gasteiger partial charge >= 0.3 is 6.16 Å². The SMILES string of the molecule is CC[C@H](C)[C@@H]1NC(=O)CNC(=O)[C@@H]2Cc3c([nH]c4cc(OC)ccc34)S(=O)C[C@H](NC(=O)CNC1=O)C(=O)N[C@@H](CC(N)=O)C(=O)N1C[C@H](O)CC1C(=O)N[C@@H]([C@@H](C)[C@@H]1COC(=O)O1)C(=O)N2. The van der Waals surface area contributed by atoms with Crippen molar-refractivity contribution in [1.82, 2.24) is 47.1 Å². The number of aromatic amines is 1. The summed E-state index contributed by atoms with van der Waals surface area (Å²) in [5.74, 6) is -10.9. The lowest BCUT2D eigenvalue weighted by Gasteiger charge is -2.32. The fourth-order valence-corrected chi connectivity index (χ4v) is 9.64. The van der Waals surface area contributed by atoms with Crippen LogP contribution in [0, 0.1) is 11.8 Å². The molecule has 25 nitrogen and oxygen atoms in total. The van der Waals surface area contributed by atoms with E-state index in [2.05, 4.69) is 42.2 Å². The van der Waals surface area contributed by atoms with E-state index < -0.39 is 169 Å². The topological polar surface area (TPSA) is 365 Å². The van der Waals surface area contributed by atoms with Crippen molar-refractivity contribution in [2.75, 3.05) is 39.1 Å². The molecule has 1 aromatic carbocycles. The minimum Gasteiger partial charge on any atom is -0.497 e. The predicted octanol–water partition coefficient (Wildman–Crippen LogP) is -4.44. The highest BCUT2D eigenvalue weighted by Crippen LogP contribution is 2.31. The first kappa shape index (κ1) is 49.6. The number of amides is 9. The summed E-state index contributed by atoms with van der Waals surface area (Å²) in [4.78, 5) is 141. The van der Waals surface area contributed by atoms with Gasteiger partial charge in [0.25, 0.3) is 0 Å². The summed E-state index contributed by atoms with van der Waals surface area (Å²) in [5.41, 5.74) is 6.00. The van der Waals surface area contributed by atoms with Gasteiger partial charge in [0.15, 0.2) is 0 Å². The predicted molar refractivity (Wildman–Crippen MR) is 230 cm³/mol. The number of nitrogens with two attached hydrogens (primary N) is 1. The first-order valence-corrected chi connectivity index (χ1v) is 22.8. The molecule has 0 radical (unpaired) electrons. The molecule has 4 aliphatic heterocycles. The lowest BCUT2D eigenvalue weighted by atomic mass is 9.93. The molecule has 9 amide bonds. The second-order valence-electron chi connectivity index (χ2n) is 16.8. The van der Waals surface area contributed by atoms with Crippen molar-refractivity contribution in [3.63, 3.8) is 0 Å². The summed E-state index contributed by atoms with van der Waals surface area (Å²) in [6, 6.07) is -5.03. The monoisotopic (exact) mass is 958 g/mol. The highest BCUT2D eigenvalue weighted by molar-refractivity contribution is 7.85. The number of primary amides is 1. The van der Waals surface area contributed by atoms with Crippen molar-refractivity contribution in [2.24, 2.45) is 17.6 Å². The highest BCUT2D eigenvalue weighted by atomic mass is 32.2. The van der Waals surface area contributed by atoms with E-state index in [1.54, 1.807) is 32.0 Å². The number of aromatic nitrogens is 1. The van der Waals surface area contributed by atoms with Crippen LogP contribution in [-0.2, 0) is 69.8 Å². The number of carbonyl (C=O) groups is 10. The van der Waals surface area contributed by atoms with Gasteiger partial charge in [0.1, 0.15) is 59.7 Å². The Morgan fingerprint density at radius 2 is 1.60 bits per heavy atom. The fraction of sp³-hybridized carbons (Fsp3) is 0.561. The molecule has 5 heterocycles. The normalized spacial score (nSPS) is 29.3. The third-order valence-electron chi connectivity index (χ3n) is 12.2. The minimum absolute atomic E-state index is 0.0982. The molecule has 364 valence electrons. The van der Waals surface area contributed by atoms with E-state index in [0.29, 0.717) is 23.1 Å². The van der Waals surface area contributed by atoms with E-state index in [9.17, 15) is 57.3 Å². The van der Waals surface area contributed by atoms with Crippen LogP contribution in [0.3, 0.4) is 0 Å². The number of hydrogen-bond donors (Lipinski definition) is 10. The molecule has 26 heteroatoms. The van der Waals surface area contributed by atoms with Crippen molar-refractivity contribution in [2.45, 2.75) is 99.9 Å². The van der Waals surface area contributed by atoms with Gasteiger partial charge in [0, 0.05) is 36.8 Å². The summed E-state index contributed by atoms with van der Waals surface area (Å²) in [5, 5.41) is 28.5. The first-order chi connectivity index (χ1) is 31.8. The van der Waals surface area contributed by atoms with Crippen molar-refractivity contribution in [1.29, 1.82) is 0 Å². The van der Waals surface area contributed by atoms with Gasteiger partial charge in [-0.3, -0.25) is 47.4 Å². The third-order valence-corrected chi connectivity index (χ3v) is 13.6. The number of H-pyrrole nitrogens is 1. The Morgan fingerprint density at radius 3 is 2.25 bits per heavy atom. The summed E-state index contributed by atoms with van der Waals surface area (Å²) in [7, 11) is -0.938. The highest BCUT2D eigenvalue weighted by Gasteiger charge is 2.46. The van der Waals surface area contributed by atoms with Gasteiger partial charge in [0.2, 0.25) is 53.2 Å². The maximum absolute atomic E-state index is 14.7. The van der Waals surface area contributed by atoms with Gasteiger partial charge in [-0.05, 0) is 23.6 Å². The average Bonchev–Trinajstić information content (AvgIpc) is 4.01. The van der Waals surface area contributed by atoms with Crippen LogP contribution >= 0.6 is 0 Å². The molecule has 1 aromatic heterocycles. The van der Waals surface area contributed by atoms with Gasteiger partial charge < -0.3 is 72.2 Å². The van der Waals surface area contributed by atoms with E-state index in [0.717, 1.165) is 4.90 Å². The Kier molecular flexibility index (Phi) is 15.7. The second kappa shape index (κ2) is 21.2. The van der Waals surface area contributed by atoms with E-state index in [1.165, 1.54) is 14.0 Å². The summed E-state index contributed by atoms with van der Waals surface area (Å²) >= 11 is 0. The summed E-state index contributed by atoms with van der Waals surface area (Å²) in [6.07, 6.45) is -4.84. The molecule has 2 saturated heterocycles. The van der Waals surface area contributed by atoms with Crippen molar-refractivity contribution in [3.05, 3.63) is 23.8 Å². The molecule has 0 aliphatic carbocycles. The molecular formula is C41H54N10O15S. The van der Waals surface area contributed by atoms with Gasteiger partial charge in [-0.25, -0.2) is 4.79 Å². The molecule has 2 unspecified atom stereocenters. The zero-order valence-corrected chi connectivity index (χ0v) is 37.8. The Morgan fingerprint density at radius 1 is 0.896 bits per heavy atom. The van der Waals surface area contributed by atoms with Crippen molar-refractivity contribution < 1.29 is 71.5 Å². The van der Waals surface area contributed by atoms with E-state index in [-0.39, 0.29) is 23.6 Å². The number of ether oxygens (including phenoxy) is 3. The number of aliphatic hydroxyl groups is 1. The molecule has 6 rings (SSSR count). The molecule has 11 N–H and O–H groups in total. The summed E-state index contributed by atoms with van der Waals surface area (Å²) < 4.78 is 30.3. The quantitative estimate of drug-likeness (QED) is 0.117. The van der Waals surface area contributed by atoms with Crippen molar-refractivity contribution >= 4 is 81.0 Å². The van der Waals surface area contributed by atoms with E-state index in [1.807, 2.05) is 0 Å². The lowest BCUT2D eigenvalue weighted by molar-refractivity contribution is -0.144. The zero-order chi connectivity index (χ0) is 48.9. The number of cyclic esters (lactones) is 2. The largest absolute Gasteiger partial charge is 0.508 e. The molecular weight excluding hydrogens is 905 g/mol. The number of hydrogen-bond acceptors (Lipinski definition) is 15. The van der Waals surface area contributed by atoms with Crippen LogP contribution in [0.15, 0.2) is 23.2 Å². The maximum Gasteiger partial charge on any atom is 0.508 e. The maximum atomic E-state index is 14.7. The number of carbonyl (C=O) groups excluding carboxylic acids is 10. The molecule has 0 saturated carbocycles. The van der Waals surface area contributed by atoms with Crippen LogP contribution in [0.2, 0.25) is 0 Å². The van der Waals surface area contributed by atoms with Crippen LogP contribution < -0.4 is 47.7 Å². The number of rotatable bonds is 7. The van der Waals surface area contributed by atoms with Gasteiger partial charge in [0.05, 0.1) is 54.8 Å². The van der Waals surface area contributed by atoms with Crippen LogP contribution in [0.5, 0.6) is 5.75 Å². The molecule has 2 bridgehead atoms. The minimum atomic E-state index is -2.34. The average molecular weight is 959 g/mol. The zero-order valence-electron chi connectivity index (χ0n) is 37.0. The van der Waals surface area contributed by atoms with Crippen LogP contribution in [0.25, 0.3) is 10.9 Å². The van der Waals surface area contributed by atoms with Gasteiger partial charge in [-0.1, -0.05) is 27.2 Å². The standard InChI is InChI=1S/C41H54N10O15S/c1-5-17(2)32-37(59)44-12-30(54)45-26-16-67(63)39-22(21-7-6-20(64-4)9-23(21)48-39)10-24(34(56)43-13-31(55)49-32)46-38(60)33(18(3)28-15-65-41(62)66-28)50-36(58)27-8-19(52)14-51(27)40(61)25(11-29(42)53)47-35(26)57/h6-7,9,17-19,24-28,32-33,48,52H,5,8,10-16H2,1-4H3,(H2,42,53)(H,43,56)(H,44,59)(H,45,54)(H,46,60)(H,47,57)(H,49,55)(H,50,58)/t17-,18-,19+,24-,25-,26-,27?,28-,32-,33-,67?/m0/s1. The molecule has 2 fully saturated rings. The van der Waals surface area contributed by atoms with E-state index >= 15 is 0 Å². The number of methoxy groups -OCH3 is 1. The Hall–Kier alpha value is -6.83. The molecule has 2 aromatic rings. The van der Waals surface area contributed by atoms with Gasteiger partial charge in [-0.2, -0.15) is 0 Å². The van der Waals surface area contributed by atoms with Crippen LogP contribution in [0.4, 0.5) is 4.79 Å². The third kappa shape index (κ3) is 11.6. The number of benzene rings is 1. The molecule has 67 heavy (non-hydrogen) atoms. The number of nitrogens with zero attached hydrogens (tertiary/aromatic N) is 1. The van der Waals surface area contributed by atoms with Crippen LogP contribution in [-0.4, -0.2) is 166 Å². The smallest absolute Gasteiger partial charge is 0.497 e. The number of aliphatic hydroxyl groups excluding tert-OH is 1. The van der Waals surface area contributed by atoms with Crippen molar-refractivity contribution in [3.8, 4) is 5.75 Å². The first-order valence-electron chi connectivity index (χ1n) is 21.5. The Labute approximate surface area is 384 Å².